The number of alkyl halides is 2. The van der Waals surface area contributed by atoms with E-state index in [-0.39, 0.29) is 11.4 Å². The van der Waals surface area contributed by atoms with Gasteiger partial charge in [-0.25, -0.2) is 4.98 Å². The first-order valence-electron chi connectivity index (χ1n) is 6.58. The number of nitriles is 1. The Balaban J connectivity index is 2.18. The third-order valence-corrected chi connectivity index (χ3v) is 2.73. The van der Waals surface area contributed by atoms with E-state index in [0.29, 0.717) is 11.4 Å². The van der Waals surface area contributed by atoms with E-state index in [1.807, 2.05) is 13.0 Å². The molecule has 2 aromatic rings. The van der Waals surface area contributed by atoms with Crippen molar-refractivity contribution >= 4 is 17.1 Å². The molecule has 2 N–H and O–H groups in total. The van der Waals surface area contributed by atoms with Crippen LogP contribution in [0.4, 0.5) is 25.8 Å². The second-order valence-corrected chi connectivity index (χ2v) is 4.29. The Morgan fingerprint density at radius 2 is 2.00 bits per heavy atom. The zero-order valence-corrected chi connectivity index (χ0v) is 11.8. The van der Waals surface area contributed by atoms with Crippen LogP contribution < -0.4 is 15.4 Å². The van der Waals surface area contributed by atoms with Gasteiger partial charge in [-0.05, 0) is 37.3 Å². The first-order valence-corrected chi connectivity index (χ1v) is 6.58. The maximum absolute atomic E-state index is 12.1. The molecule has 0 aliphatic carbocycles. The van der Waals surface area contributed by atoms with Gasteiger partial charge in [-0.2, -0.15) is 14.0 Å². The lowest BCUT2D eigenvalue weighted by molar-refractivity contribution is -0.0498. The van der Waals surface area contributed by atoms with Crippen molar-refractivity contribution < 1.29 is 13.5 Å². The fourth-order valence-corrected chi connectivity index (χ4v) is 1.83. The largest absolute Gasteiger partial charge is 0.435 e. The van der Waals surface area contributed by atoms with Gasteiger partial charge in [-0.15, -0.1) is 0 Å². The van der Waals surface area contributed by atoms with Crippen LogP contribution in [-0.4, -0.2) is 18.1 Å². The maximum atomic E-state index is 12.1. The molecule has 0 fully saturated rings. The first kappa shape index (κ1) is 15.5. The molecule has 0 aliphatic rings. The molecule has 7 heteroatoms. The molecule has 0 atom stereocenters. The molecule has 0 bridgehead atoms. The number of nitrogens with one attached hydrogen (secondary N) is 2. The van der Waals surface area contributed by atoms with Crippen LogP contribution in [0.3, 0.4) is 0 Å². The van der Waals surface area contributed by atoms with E-state index in [4.69, 9.17) is 5.26 Å². The summed E-state index contributed by atoms with van der Waals surface area (Å²) < 4.78 is 28.5. The lowest BCUT2D eigenvalue weighted by Crippen LogP contribution is -2.02. The zero-order valence-electron chi connectivity index (χ0n) is 11.8. The van der Waals surface area contributed by atoms with Crippen LogP contribution in [0.25, 0.3) is 0 Å². The zero-order chi connectivity index (χ0) is 15.9. The van der Waals surface area contributed by atoms with Crippen LogP contribution in [0.15, 0.2) is 36.5 Å². The predicted molar refractivity (Wildman–Crippen MR) is 79.5 cm³/mol. The van der Waals surface area contributed by atoms with Gasteiger partial charge in [0.1, 0.15) is 11.8 Å². The number of anilines is 3. The molecule has 0 unspecified atom stereocenters. The molecular formula is C15H14F2N4O. The average Bonchev–Trinajstić information content (AvgIpc) is 2.49. The minimum atomic E-state index is -2.86. The van der Waals surface area contributed by atoms with Crippen molar-refractivity contribution in [1.29, 1.82) is 5.26 Å². The molecule has 1 aromatic heterocycles. The molecule has 22 heavy (non-hydrogen) atoms. The van der Waals surface area contributed by atoms with Crippen LogP contribution in [0.1, 0.15) is 12.6 Å². The summed E-state index contributed by atoms with van der Waals surface area (Å²) in [4.78, 5) is 4.06. The third kappa shape index (κ3) is 4.06. The van der Waals surface area contributed by atoms with E-state index in [0.717, 1.165) is 12.2 Å². The number of halogens is 2. The van der Waals surface area contributed by atoms with Crippen molar-refractivity contribution in [2.24, 2.45) is 0 Å². The molecule has 5 nitrogen and oxygen atoms in total. The number of hydrogen-bond donors (Lipinski definition) is 2. The summed E-state index contributed by atoms with van der Waals surface area (Å²) in [5.74, 6) is 0.0700. The molecule has 0 spiro atoms. The Hall–Kier alpha value is -2.88. The van der Waals surface area contributed by atoms with Gasteiger partial charge in [0.25, 0.3) is 0 Å². The van der Waals surface area contributed by atoms with Crippen molar-refractivity contribution in [1.82, 2.24) is 4.98 Å². The summed E-state index contributed by atoms with van der Waals surface area (Å²) in [5, 5.41) is 15.2. The van der Waals surface area contributed by atoms with Crippen molar-refractivity contribution in [2.75, 3.05) is 17.2 Å². The fourth-order valence-electron chi connectivity index (χ4n) is 1.83. The van der Waals surface area contributed by atoms with Crippen molar-refractivity contribution in [3.05, 3.63) is 42.2 Å². The Kier molecular flexibility index (Phi) is 5.09. The standard InChI is InChI=1S/C15H14F2N4O/c1-2-19-11-7-13(14(8-18)20-9-11)21-10-3-5-12(6-4-10)22-15(16)17/h3-7,9,15,19,21H,2H2,1H3. The van der Waals surface area contributed by atoms with Gasteiger partial charge in [-0.3, -0.25) is 0 Å². The van der Waals surface area contributed by atoms with Gasteiger partial charge in [-0.1, -0.05) is 0 Å². The van der Waals surface area contributed by atoms with Crippen LogP contribution >= 0.6 is 0 Å². The minimum Gasteiger partial charge on any atom is -0.435 e. The topological polar surface area (TPSA) is 70.0 Å². The summed E-state index contributed by atoms with van der Waals surface area (Å²) >= 11 is 0. The highest BCUT2D eigenvalue weighted by Crippen LogP contribution is 2.24. The first-order chi connectivity index (χ1) is 10.6. The summed E-state index contributed by atoms with van der Waals surface area (Å²) in [5.41, 5.74) is 2.19. The molecule has 1 heterocycles. The van der Waals surface area contributed by atoms with Gasteiger partial charge in [0.05, 0.1) is 17.6 Å². The second kappa shape index (κ2) is 7.22. The van der Waals surface area contributed by atoms with Crippen LogP contribution in [0.2, 0.25) is 0 Å². The van der Waals surface area contributed by atoms with Crippen molar-refractivity contribution in [2.45, 2.75) is 13.5 Å². The van der Waals surface area contributed by atoms with E-state index in [2.05, 4.69) is 20.4 Å². The SMILES string of the molecule is CCNc1cnc(C#N)c(Nc2ccc(OC(F)F)cc2)c1. The number of rotatable bonds is 6. The van der Waals surface area contributed by atoms with E-state index < -0.39 is 6.61 Å². The summed E-state index contributed by atoms with van der Waals surface area (Å²) in [6, 6.07) is 9.76. The second-order valence-electron chi connectivity index (χ2n) is 4.29. The quantitative estimate of drug-likeness (QED) is 0.851. The number of nitrogens with zero attached hydrogens (tertiary/aromatic N) is 2. The van der Waals surface area contributed by atoms with Gasteiger partial charge in [0, 0.05) is 12.2 Å². The molecule has 0 amide bonds. The maximum Gasteiger partial charge on any atom is 0.387 e. The summed E-state index contributed by atoms with van der Waals surface area (Å²) in [7, 11) is 0. The Morgan fingerprint density at radius 3 is 2.59 bits per heavy atom. The van der Waals surface area contributed by atoms with E-state index in [1.54, 1.807) is 24.4 Å². The lowest BCUT2D eigenvalue weighted by Gasteiger charge is -2.11. The Labute approximate surface area is 126 Å². The van der Waals surface area contributed by atoms with Gasteiger partial charge < -0.3 is 15.4 Å². The minimum absolute atomic E-state index is 0.0700. The Bertz CT molecular complexity index is 668. The number of pyridine rings is 1. The van der Waals surface area contributed by atoms with Gasteiger partial charge in [0.2, 0.25) is 0 Å². The van der Waals surface area contributed by atoms with Crippen LogP contribution in [0, 0.1) is 11.3 Å². The third-order valence-electron chi connectivity index (χ3n) is 2.73. The number of benzene rings is 1. The summed E-state index contributed by atoms with van der Waals surface area (Å²) in [6.45, 7) is -0.176. The van der Waals surface area contributed by atoms with Gasteiger partial charge in [0.15, 0.2) is 5.69 Å². The van der Waals surface area contributed by atoms with E-state index in [9.17, 15) is 8.78 Å². The molecule has 1 aromatic carbocycles. The molecule has 0 saturated heterocycles. The van der Waals surface area contributed by atoms with E-state index in [1.165, 1.54) is 12.1 Å². The normalized spacial score (nSPS) is 10.1. The molecule has 0 saturated carbocycles. The number of ether oxygens (including phenoxy) is 1. The summed E-state index contributed by atoms with van der Waals surface area (Å²) in [6.07, 6.45) is 1.58. The predicted octanol–water partition coefficient (Wildman–Crippen LogP) is 3.73. The van der Waals surface area contributed by atoms with E-state index >= 15 is 0 Å². The molecule has 2 rings (SSSR count). The highest BCUT2D eigenvalue weighted by atomic mass is 19.3. The van der Waals surface area contributed by atoms with Crippen LogP contribution in [0.5, 0.6) is 5.75 Å². The smallest absolute Gasteiger partial charge is 0.387 e. The van der Waals surface area contributed by atoms with Crippen molar-refractivity contribution in [3.63, 3.8) is 0 Å². The molecule has 114 valence electrons. The highest BCUT2D eigenvalue weighted by molar-refractivity contribution is 5.68. The fraction of sp³-hybridized carbons (Fsp3) is 0.200. The average molecular weight is 304 g/mol. The monoisotopic (exact) mass is 304 g/mol. The lowest BCUT2D eigenvalue weighted by atomic mass is 10.2. The molecular weight excluding hydrogens is 290 g/mol. The number of aromatic nitrogens is 1. The van der Waals surface area contributed by atoms with Gasteiger partial charge >= 0.3 is 6.61 Å². The molecule has 0 radical (unpaired) electrons. The highest BCUT2D eigenvalue weighted by Gasteiger charge is 2.07. The number of hydrogen-bond acceptors (Lipinski definition) is 5. The Morgan fingerprint density at radius 1 is 1.27 bits per heavy atom. The van der Waals surface area contributed by atoms with Crippen molar-refractivity contribution in [3.8, 4) is 11.8 Å². The molecule has 0 aliphatic heterocycles. The van der Waals surface area contributed by atoms with Crippen LogP contribution in [-0.2, 0) is 0 Å².